The first-order valence-corrected chi connectivity index (χ1v) is 8.01. The molecule has 22 heavy (non-hydrogen) atoms. The zero-order chi connectivity index (χ0) is 16.0. The van der Waals surface area contributed by atoms with E-state index in [2.05, 4.69) is 5.32 Å². The lowest BCUT2D eigenvalue weighted by atomic mass is 9.71. The standard InChI is InChI=1S/C17H25FN2O2/c1-2-22-15-7-6-13(10-14(15)18)20-16(21)11-17(12-19)8-4-3-5-9-17/h6-7,10H,2-5,8-9,11-12,19H2,1H3,(H,20,21). The Kier molecular flexibility index (Phi) is 5.77. The van der Waals surface area contributed by atoms with Crippen molar-refractivity contribution in [2.45, 2.75) is 45.4 Å². The van der Waals surface area contributed by atoms with Gasteiger partial charge in [0.05, 0.1) is 6.61 Å². The molecule has 3 N–H and O–H groups in total. The number of amides is 1. The normalized spacial score (nSPS) is 17.0. The average molecular weight is 308 g/mol. The van der Waals surface area contributed by atoms with Crippen molar-refractivity contribution in [1.82, 2.24) is 0 Å². The Labute approximate surface area is 131 Å². The van der Waals surface area contributed by atoms with Gasteiger partial charge in [-0.2, -0.15) is 0 Å². The summed E-state index contributed by atoms with van der Waals surface area (Å²) in [6, 6.07) is 4.48. The molecule has 0 radical (unpaired) electrons. The number of benzene rings is 1. The first kappa shape index (κ1) is 16.7. The minimum atomic E-state index is -0.467. The van der Waals surface area contributed by atoms with Crippen molar-refractivity contribution >= 4 is 11.6 Å². The van der Waals surface area contributed by atoms with Gasteiger partial charge in [0.15, 0.2) is 11.6 Å². The minimum absolute atomic E-state index is 0.0911. The van der Waals surface area contributed by atoms with Gasteiger partial charge in [0, 0.05) is 18.2 Å². The molecule has 1 aromatic rings. The maximum Gasteiger partial charge on any atom is 0.224 e. The molecule has 5 heteroatoms. The highest BCUT2D eigenvalue weighted by Crippen LogP contribution is 2.38. The van der Waals surface area contributed by atoms with Crippen LogP contribution in [0, 0.1) is 11.2 Å². The van der Waals surface area contributed by atoms with Crippen molar-refractivity contribution in [1.29, 1.82) is 0 Å². The van der Waals surface area contributed by atoms with Crippen LogP contribution >= 0.6 is 0 Å². The van der Waals surface area contributed by atoms with Crippen LogP contribution in [-0.4, -0.2) is 19.1 Å². The number of hydrogen-bond acceptors (Lipinski definition) is 3. The van der Waals surface area contributed by atoms with Crippen molar-refractivity contribution in [3.05, 3.63) is 24.0 Å². The molecule has 4 nitrogen and oxygen atoms in total. The van der Waals surface area contributed by atoms with Crippen molar-refractivity contribution in [3.63, 3.8) is 0 Å². The van der Waals surface area contributed by atoms with Crippen LogP contribution in [0.25, 0.3) is 0 Å². The summed E-state index contributed by atoms with van der Waals surface area (Å²) < 4.78 is 18.9. The molecule has 0 bridgehead atoms. The maximum absolute atomic E-state index is 13.8. The van der Waals surface area contributed by atoms with Crippen molar-refractivity contribution in [3.8, 4) is 5.75 Å². The number of anilines is 1. The highest BCUT2D eigenvalue weighted by atomic mass is 19.1. The van der Waals surface area contributed by atoms with Crippen LogP contribution in [0.1, 0.15) is 45.4 Å². The first-order chi connectivity index (χ1) is 10.6. The second kappa shape index (κ2) is 7.58. The summed E-state index contributed by atoms with van der Waals surface area (Å²) in [5.41, 5.74) is 6.26. The SMILES string of the molecule is CCOc1ccc(NC(=O)CC2(CN)CCCCC2)cc1F. The lowest BCUT2D eigenvalue weighted by molar-refractivity contribution is -0.118. The van der Waals surface area contributed by atoms with Gasteiger partial charge in [-0.3, -0.25) is 4.79 Å². The Hall–Kier alpha value is -1.62. The van der Waals surface area contributed by atoms with Crippen LogP contribution in [0.15, 0.2) is 18.2 Å². The molecule has 1 aliphatic rings. The van der Waals surface area contributed by atoms with Gasteiger partial charge in [-0.15, -0.1) is 0 Å². The molecule has 1 saturated carbocycles. The number of nitrogens with one attached hydrogen (secondary N) is 1. The summed E-state index contributed by atoms with van der Waals surface area (Å²) in [6.07, 6.45) is 5.86. The molecule has 1 amide bonds. The van der Waals surface area contributed by atoms with Crippen LogP contribution in [0.2, 0.25) is 0 Å². The van der Waals surface area contributed by atoms with E-state index >= 15 is 0 Å². The Morgan fingerprint density at radius 2 is 2.09 bits per heavy atom. The highest BCUT2D eigenvalue weighted by Gasteiger charge is 2.32. The van der Waals surface area contributed by atoms with E-state index in [1.165, 1.54) is 18.6 Å². The fourth-order valence-corrected chi connectivity index (χ4v) is 3.15. The molecular weight excluding hydrogens is 283 g/mol. The molecule has 0 aromatic heterocycles. The first-order valence-electron chi connectivity index (χ1n) is 8.01. The summed E-state index contributed by atoms with van der Waals surface area (Å²) in [4.78, 5) is 12.2. The Bertz CT molecular complexity index is 513. The highest BCUT2D eigenvalue weighted by molar-refractivity contribution is 5.91. The third kappa shape index (κ3) is 4.19. The summed E-state index contributed by atoms with van der Waals surface area (Å²) in [5.74, 6) is -0.368. The summed E-state index contributed by atoms with van der Waals surface area (Å²) >= 11 is 0. The van der Waals surface area contributed by atoms with Gasteiger partial charge in [-0.25, -0.2) is 4.39 Å². The Balaban J connectivity index is 1.98. The second-order valence-corrected chi connectivity index (χ2v) is 6.07. The van der Waals surface area contributed by atoms with E-state index in [1.807, 2.05) is 0 Å². The molecule has 1 fully saturated rings. The predicted molar refractivity (Wildman–Crippen MR) is 85.4 cm³/mol. The number of ether oxygens (including phenoxy) is 1. The van der Waals surface area contributed by atoms with Gasteiger partial charge >= 0.3 is 0 Å². The molecule has 1 aliphatic carbocycles. The van der Waals surface area contributed by atoms with E-state index in [0.717, 1.165) is 25.7 Å². The molecule has 0 aliphatic heterocycles. The molecule has 0 unspecified atom stereocenters. The van der Waals surface area contributed by atoms with Crippen LogP contribution in [0.5, 0.6) is 5.75 Å². The number of carbonyl (C=O) groups is 1. The molecule has 1 aromatic carbocycles. The molecule has 0 saturated heterocycles. The van der Waals surface area contributed by atoms with Crippen LogP contribution in [-0.2, 0) is 4.79 Å². The smallest absolute Gasteiger partial charge is 0.224 e. The van der Waals surface area contributed by atoms with E-state index < -0.39 is 5.82 Å². The van der Waals surface area contributed by atoms with Crippen molar-refractivity contribution in [2.24, 2.45) is 11.1 Å². The van der Waals surface area contributed by atoms with Crippen molar-refractivity contribution < 1.29 is 13.9 Å². The molecule has 0 atom stereocenters. The average Bonchev–Trinajstić information content (AvgIpc) is 2.51. The summed E-state index contributed by atoms with van der Waals surface area (Å²) in [7, 11) is 0. The predicted octanol–water partition coefficient (Wildman–Crippen LogP) is 3.46. The number of hydrogen-bond donors (Lipinski definition) is 2. The monoisotopic (exact) mass is 308 g/mol. The van der Waals surface area contributed by atoms with Gasteiger partial charge in [0.1, 0.15) is 0 Å². The fraction of sp³-hybridized carbons (Fsp3) is 0.588. The molecule has 0 spiro atoms. The molecule has 122 valence electrons. The lowest BCUT2D eigenvalue weighted by Gasteiger charge is -2.35. The zero-order valence-corrected chi connectivity index (χ0v) is 13.2. The van der Waals surface area contributed by atoms with E-state index in [9.17, 15) is 9.18 Å². The van der Waals surface area contributed by atoms with Gasteiger partial charge in [0.25, 0.3) is 0 Å². The van der Waals surface area contributed by atoms with E-state index in [-0.39, 0.29) is 17.1 Å². The third-order valence-electron chi connectivity index (χ3n) is 4.40. The molecular formula is C17H25FN2O2. The van der Waals surface area contributed by atoms with Crippen LogP contribution in [0.4, 0.5) is 10.1 Å². The van der Waals surface area contributed by atoms with Gasteiger partial charge < -0.3 is 15.8 Å². The fourth-order valence-electron chi connectivity index (χ4n) is 3.15. The largest absolute Gasteiger partial charge is 0.491 e. The van der Waals surface area contributed by atoms with Gasteiger partial charge in [-0.1, -0.05) is 19.3 Å². The van der Waals surface area contributed by atoms with Gasteiger partial charge in [0.2, 0.25) is 5.91 Å². The maximum atomic E-state index is 13.8. The minimum Gasteiger partial charge on any atom is -0.491 e. The number of carbonyl (C=O) groups excluding carboxylic acids is 1. The van der Waals surface area contributed by atoms with Crippen LogP contribution < -0.4 is 15.8 Å². The topological polar surface area (TPSA) is 64.3 Å². The second-order valence-electron chi connectivity index (χ2n) is 6.07. The van der Waals surface area contributed by atoms with Gasteiger partial charge in [-0.05, 0) is 43.9 Å². The molecule has 0 heterocycles. The van der Waals surface area contributed by atoms with E-state index in [1.54, 1.807) is 13.0 Å². The van der Waals surface area contributed by atoms with E-state index in [4.69, 9.17) is 10.5 Å². The quantitative estimate of drug-likeness (QED) is 0.846. The lowest BCUT2D eigenvalue weighted by Crippen LogP contribution is -2.36. The zero-order valence-electron chi connectivity index (χ0n) is 13.2. The molecule has 2 rings (SSSR count). The van der Waals surface area contributed by atoms with Crippen LogP contribution in [0.3, 0.4) is 0 Å². The Morgan fingerprint density at radius 3 is 2.68 bits per heavy atom. The summed E-state index contributed by atoms with van der Waals surface area (Å²) in [6.45, 7) is 2.73. The van der Waals surface area contributed by atoms with E-state index in [0.29, 0.717) is 25.3 Å². The number of nitrogens with two attached hydrogens (primary N) is 1. The third-order valence-corrected chi connectivity index (χ3v) is 4.40. The van der Waals surface area contributed by atoms with Crippen molar-refractivity contribution in [2.75, 3.05) is 18.5 Å². The Morgan fingerprint density at radius 1 is 1.36 bits per heavy atom. The summed E-state index contributed by atoms with van der Waals surface area (Å²) in [5, 5.41) is 2.77. The number of halogens is 1. The number of rotatable bonds is 6.